The predicted octanol–water partition coefficient (Wildman–Crippen LogP) is 30.8. The zero-order valence-corrected chi connectivity index (χ0v) is 79.0. The van der Waals surface area contributed by atoms with Crippen LogP contribution in [0.25, 0.3) is 145 Å². The van der Waals surface area contributed by atoms with Crippen molar-refractivity contribution in [3.63, 3.8) is 0 Å². The van der Waals surface area contributed by atoms with Crippen LogP contribution in [0.1, 0.15) is 35.1 Å². The Morgan fingerprint density at radius 3 is 0.964 bits per heavy atom. The van der Waals surface area contributed by atoms with E-state index in [0.29, 0.717) is 0 Å². The third kappa shape index (κ3) is 16.1. The van der Waals surface area contributed by atoms with Gasteiger partial charge in [0.15, 0.2) is 10.9 Å². The van der Waals surface area contributed by atoms with E-state index in [1.54, 1.807) is 22.7 Å². The van der Waals surface area contributed by atoms with Gasteiger partial charge in [-0.3, -0.25) is 9.59 Å². The number of para-hydroxylation sites is 9. The van der Waals surface area contributed by atoms with E-state index in [4.69, 9.17) is 9.31 Å². The highest BCUT2D eigenvalue weighted by atomic mass is 79.9. The number of benzene rings is 13. The van der Waals surface area contributed by atoms with Crippen LogP contribution in [0.5, 0.6) is 0 Å². The van der Waals surface area contributed by atoms with E-state index >= 15 is 0 Å². The van der Waals surface area contributed by atoms with Gasteiger partial charge < -0.3 is 23.0 Å². The molecule has 13 aromatic carbocycles. The standard InChI is InChI=1S/C49H30N2OS.C24H24BNO2.C13H6Br2OS.CH4.H15P13/c52-49-39-29-31(33-13-1-7-19-41(33)50-43-21-9-3-15-35(43)36-16-4-10-22-44(36)50)25-27-47(39)53-48-28-26-32(30-40(48)49)34-14-2-8-20-42(34)51-45-23-11-5-17-37(45)38-18-6-12-24-46(38)51;1-23(2)24(3,4)28-25(27-23)19-13-7-10-16-22(19)26-20-14-8-5-11-17(20)18-12-6-9-15-21(18)26;14-7-1-3-11-9(5-7)13(16)10-6-8(15)2-4-12(10)17-11;;1-8-12(9(2)3)13(10(4)5)11(6)7/h1-30H;5-16H,1-4H3;1-6H;1H4;8H,1-7H2. The minimum Gasteiger partial charge on any atom is -0.399 e. The Balaban J connectivity index is 0.000000139. The van der Waals surface area contributed by atoms with Crippen LogP contribution in [0.15, 0.2) is 310 Å². The van der Waals surface area contributed by atoms with Gasteiger partial charge in [-0.15, -0.1) is 85.2 Å². The average molecular weight is 1870 g/mol. The fourth-order valence-electron chi connectivity index (χ4n) is 14.8. The zero-order chi connectivity index (χ0) is 77.1. The molecule has 0 aliphatic carbocycles. The Labute approximate surface area is 700 Å². The Hall–Kier alpha value is -4.43. The lowest BCUT2D eigenvalue weighted by molar-refractivity contribution is 0.00578. The SMILES string of the molecule is C.CC1(C)OB(c2ccccc2-n2c3ccccc3c3ccccc32)OC1(C)C.O=c1c2cc(-c3ccccc3-n3c4ccccc4c4ccccc43)ccc2sc2ccc(-c3ccccc3-n3c4ccccc4c4ccccc43)cc12.O=c1c2cc(Br)ccc2sc2ccc(Br)cc12.PPP(P(P)P)P(P(P)P)P(P)P. The van der Waals surface area contributed by atoms with Crippen LogP contribution in [-0.2, 0) is 9.31 Å². The number of fused-ring (bicyclic) bond motifs is 13. The predicted molar refractivity (Wildman–Crippen MR) is 540 cm³/mol. The number of rotatable bonds is 11. The maximum Gasteiger partial charge on any atom is 0.496 e. The van der Waals surface area contributed by atoms with Crippen molar-refractivity contribution in [3.8, 4) is 39.3 Å². The van der Waals surface area contributed by atoms with E-state index in [1.807, 2.05) is 36.4 Å². The van der Waals surface area contributed by atoms with Crippen molar-refractivity contribution in [2.24, 2.45) is 0 Å². The van der Waals surface area contributed by atoms with Crippen LogP contribution in [-0.4, -0.2) is 32.0 Å². The molecule has 1 aliphatic heterocycles. The minimum atomic E-state index is -0.402. The van der Waals surface area contributed by atoms with Gasteiger partial charge in [0.25, 0.3) is 0 Å². The van der Waals surface area contributed by atoms with Crippen molar-refractivity contribution in [2.45, 2.75) is 46.3 Å². The van der Waals surface area contributed by atoms with Crippen molar-refractivity contribution < 1.29 is 9.31 Å². The third-order valence-electron chi connectivity index (χ3n) is 20.5. The van der Waals surface area contributed by atoms with E-state index in [2.05, 4.69) is 391 Å². The molecule has 6 heterocycles. The van der Waals surface area contributed by atoms with Crippen LogP contribution in [0.3, 0.4) is 0 Å². The summed E-state index contributed by atoms with van der Waals surface area (Å²) in [5, 5.41) is 10.4. The Morgan fingerprint density at radius 2 is 0.643 bits per heavy atom. The maximum atomic E-state index is 14.6. The molecule has 1 fully saturated rings. The summed E-state index contributed by atoms with van der Waals surface area (Å²) in [6.07, 6.45) is 0. The smallest absolute Gasteiger partial charge is 0.399 e. The fourth-order valence-corrected chi connectivity index (χ4v) is 145. The van der Waals surface area contributed by atoms with Crippen molar-refractivity contribution >= 4 is 278 Å². The van der Waals surface area contributed by atoms with Gasteiger partial charge in [0.2, 0.25) is 0 Å². The van der Waals surface area contributed by atoms with Crippen LogP contribution in [0.4, 0.5) is 0 Å². The van der Waals surface area contributed by atoms with Gasteiger partial charge in [-0.05, 0) is 189 Å². The molecular weight excluding hydrogens is 1790 g/mol. The average Bonchev–Trinajstić information content (AvgIpc) is 1.10. The molecule has 19 rings (SSSR count). The fraction of sp³-hybridized carbons (Fsp3) is 0.0805. The van der Waals surface area contributed by atoms with Gasteiger partial charge in [0.05, 0.1) is 55.7 Å². The molecule has 9 unspecified atom stereocenters. The summed E-state index contributed by atoms with van der Waals surface area (Å²) >= 11 is 10.1. The van der Waals surface area contributed by atoms with Crippen LogP contribution in [0, 0.1) is 0 Å². The molecule has 0 saturated carbocycles. The zero-order valence-electron chi connectivity index (χ0n) is 60.6. The summed E-state index contributed by atoms with van der Waals surface area (Å²) in [6.45, 7) is 9.24. The van der Waals surface area contributed by atoms with Crippen LogP contribution >= 0.6 is 160 Å². The highest BCUT2D eigenvalue weighted by molar-refractivity contribution is 9.24. The van der Waals surface area contributed by atoms with E-state index in [-0.39, 0.29) is 64.4 Å². The van der Waals surface area contributed by atoms with Crippen molar-refractivity contribution in [1.29, 1.82) is 0 Å². The molecule has 5 aromatic heterocycles. The maximum absolute atomic E-state index is 14.6. The molecule has 0 radical (unpaired) electrons. The van der Waals surface area contributed by atoms with E-state index in [9.17, 15) is 9.59 Å². The second kappa shape index (κ2) is 35.2. The molecule has 0 spiro atoms. The third-order valence-corrected chi connectivity index (χ3v) is 97.1. The Bertz CT molecular complexity index is 6310. The van der Waals surface area contributed by atoms with Crippen molar-refractivity contribution in [1.82, 2.24) is 13.7 Å². The monoisotopic (exact) mass is 1870 g/mol. The van der Waals surface area contributed by atoms with Gasteiger partial charge in [-0.2, -0.15) is 0 Å². The number of aromatic nitrogens is 3. The van der Waals surface area contributed by atoms with Gasteiger partial charge in [-0.1, -0.05) is 223 Å². The van der Waals surface area contributed by atoms with Gasteiger partial charge in [-0.25, -0.2) is 0 Å². The first kappa shape index (κ1) is 82.7. The second-order valence-corrected chi connectivity index (χ2v) is 79.2. The summed E-state index contributed by atoms with van der Waals surface area (Å²) in [5.74, 6) is 0. The molecule has 9 atom stereocenters. The Kier molecular flexibility index (Phi) is 26.0. The molecule has 25 heteroatoms. The summed E-state index contributed by atoms with van der Waals surface area (Å²) in [7, 11) is 21.8. The largest absolute Gasteiger partial charge is 0.496 e. The number of hydrogen-bond acceptors (Lipinski definition) is 6. The molecule has 1 saturated heterocycles. The first-order valence-electron chi connectivity index (χ1n) is 35.5. The van der Waals surface area contributed by atoms with Gasteiger partial charge in [0, 0.05) is 104 Å². The summed E-state index contributed by atoms with van der Waals surface area (Å²) in [4.78, 5) is 26.9. The molecule has 0 amide bonds. The molecular formula is C87H79BBr2N3O4P13S2. The number of halogens is 2. The first-order valence-corrected chi connectivity index (χ1v) is 61.7. The molecule has 18 aromatic rings. The number of hydrogen-bond donors (Lipinski definition) is 0. The van der Waals surface area contributed by atoms with E-state index < -0.39 is 7.12 Å². The highest BCUT2D eigenvalue weighted by Crippen LogP contribution is 3.18. The van der Waals surface area contributed by atoms with Crippen molar-refractivity contribution in [3.05, 3.63) is 321 Å². The minimum absolute atomic E-state index is 0. The van der Waals surface area contributed by atoms with Crippen LogP contribution in [0.2, 0.25) is 0 Å². The van der Waals surface area contributed by atoms with Crippen LogP contribution < -0.4 is 16.3 Å². The Morgan fingerprint density at radius 1 is 0.357 bits per heavy atom. The molecule has 0 N–H and O–H groups in total. The normalized spacial score (nSPS) is 13.7. The summed E-state index contributed by atoms with van der Waals surface area (Å²) < 4.78 is 25.7. The highest BCUT2D eigenvalue weighted by Gasteiger charge is 2.52. The lowest BCUT2D eigenvalue weighted by Gasteiger charge is -2.34. The second-order valence-electron chi connectivity index (χ2n) is 27.7. The van der Waals surface area contributed by atoms with Gasteiger partial charge in [0.1, 0.15) is 0 Å². The summed E-state index contributed by atoms with van der Waals surface area (Å²) in [5.41, 5.74) is 15.0. The number of nitrogens with zero attached hydrogens (tertiary/aromatic N) is 3. The molecule has 560 valence electrons. The lowest BCUT2D eigenvalue weighted by atomic mass is 9.77. The topological polar surface area (TPSA) is 67.4 Å². The van der Waals surface area contributed by atoms with Crippen molar-refractivity contribution in [2.75, 3.05) is 0 Å². The lowest BCUT2D eigenvalue weighted by Crippen LogP contribution is -2.41. The molecule has 7 nitrogen and oxygen atoms in total. The molecule has 112 heavy (non-hydrogen) atoms. The van der Waals surface area contributed by atoms with E-state index in [0.717, 1.165) is 124 Å². The first-order chi connectivity index (χ1) is 53.7. The molecule has 1 aliphatic rings. The van der Waals surface area contributed by atoms with Gasteiger partial charge >= 0.3 is 7.12 Å². The summed E-state index contributed by atoms with van der Waals surface area (Å²) in [6, 6.07) is 101. The molecule has 0 bridgehead atoms. The van der Waals surface area contributed by atoms with E-state index in [1.165, 1.54) is 43.4 Å². The quantitative estimate of drug-likeness (QED) is 0.0735.